The molecule has 0 aliphatic heterocycles. The zero-order valence-corrected chi connectivity index (χ0v) is 13.9. The SMILES string of the molecule is COc1ccc(C(Cl)c2cccc(Br)c2F)cc1Br. The molecule has 0 saturated carbocycles. The first-order valence-corrected chi connectivity index (χ1v) is 7.48. The van der Waals surface area contributed by atoms with Gasteiger partial charge in [-0.05, 0) is 55.6 Å². The van der Waals surface area contributed by atoms with E-state index in [-0.39, 0.29) is 5.82 Å². The fourth-order valence-electron chi connectivity index (χ4n) is 1.74. The van der Waals surface area contributed by atoms with E-state index >= 15 is 0 Å². The molecule has 0 aliphatic carbocycles. The molecule has 1 unspecified atom stereocenters. The van der Waals surface area contributed by atoms with Crippen LogP contribution in [0.4, 0.5) is 4.39 Å². The first kappa shape index (κ1) is 14.8. The second-order valence-electron chi connectivity index (χ2n) is 3.90. The van der Waals surface area contributed by atoms with Crippen molar-refractivity contribution in [3.8, 4) is 5.75 Å². The summed E-state index contributed by atoms with van der Waals surface area (Å²) >= 11 is 12.9. The summed E-state index contributed by atoms with van der Waals surface area (Å²) < 4.78 is 20.4. The normalized spacial score (nSPS) is 12.3. The van der Waals surface area contributed by atoms with Crippen molar-refractivity contribution >= 4 is 43.5 Å². The van der Waals surface area contributed by atoms with Gasteiger partial charge < -0.3 is 4.74 Å². The van der Waals surface area contributed by atoms with Crippen LogP contribution < -0.4 is 4.74 Å². The molecule has 0 N–H and O–H groups in total. The van der Waals surface area contributed by atoms with Crippen molar-refractivity contribution in [3.63, 3.8) is 0 Å². The van der Waals surface area contributed by atoms with E-state index in [1.807, 2.05) is 12.1 Å². The molecule has 2 aromatic rings. The van der Waals surface area contributed by atoms with Crippen LogP contribution in [-0.4, -0.2) is 7.11 Å². The third kappa shape index (κ3) is 3.12. The Balaban J connectivity index is 2.41. The Morgan fingerprint density at radius 1 is 1.16 bits per heavy atom. The van der Waals surface area contributed by atoms with Crippen LogP contribution in [0.15, 0.2) is 45.3 Å². The number of hydrogen-bond acceptors (Lipinski definition) is 1. The molecule has 1 nitrogen and oxygen atoms in total. The minimum Gasteiger partial charge on any atom is -0.496 e. The van der Waals surface area contributed by atoms with Crippen LogP contribution in [0.3, 0.4) is 0 Å². The standard InChI is InChI=1S/C14H10Br2ClFO/c1-19-12-6-5-8(7-11(12)16)13(17)9-3-2-4-10(15)14(9)18/h2-7,13H,1H3. The lowest BCUT2D eigenvalue weighted by Crippen LogP contribution is -1.98. The van der Waals surface area contributed by atoms with Gasteiger partial charge in [0.25, 0.3) is 0 Å². The summed E-state index contributed by atoms with van der Waals surface area (Å²) in [6.45, 7) is 0. The Morgan fingerprint density at radius 2 is 1.89 bits per heavy atom. The van der Waals surface area contributed by atoms with Gasteiger partial charge in [0, 0.05) is 5.56 Å². The monoisotopic (exact) mass is 406 g/mol. The highest BCUT2D eigenvalue weighted by molar-refractivity contribution is 9.10. The molecule has 0 amide bonds. The molecule has 0 fully saturated rings. The molecule has 0 heterocycles. The molecule has 100 valence electrons. The molecular formula is C14H10Br2ClFO. The van der Waals surface area contributed by atoms with Crippen molar-refractivity contribution in [2.75, 3.05) is 7.11 Å². The molecular weight excluding hydrogens is 398 g/mol. The molecule has 0 aromatic heterocycles. The van der Waals surface area contributed by atoms with Gasteiger partial charge in [-0.3, -0.25) is 0 Å². The Bertz CT molecular complexity index is 604. The van der Waals surface area contributed by atoms with Crippen molar-refractivity contribution in [2.24, 2.45) is 0 Å². The lowest BCUT2D eigenvalue weighted by atomic mass is 10.0. The lowest BCUT2D eigenvalue weighted by molar-refractivity contribution is 0.412. The van der Waals surface area contributed by atoms with Crippen molar-refractivity contribution < 1.29 is 9.13 Å². The minimum atomic E-state index is -0.556. The third-order valence-corrected chi connectivity index (χ3v) is 4.44. The van der Waals surface area contributed by atoms with Crippen molar-refractivity contribution in [2.45, 2.75) is 5.38 Å². The molecule has 0 aliphatic rings. The molecule has 0 spiro atoms. The average Bonchev–Trinajstić information content (AvgIpc) is 2.41. The van der Waals surface area contributed by atoms with E-state index in [1.54, 1.807) is 31.4 Å². The van der Waals surface area contributed by atoms with Gasteiger partial charge >= 0.3 is 0 Å². The predicted octanol–water partition coefficient (Wildman–Crippen LogP) is 5.69. The van der Waals surface area contributed by atoms with E-state index in [4.69, 9.17) is 16.3 Å². The maximum Gasteiger partial charge on any atom is 0.142 e. The molecule has 0 saturated heterocycles. The molecule has 0 radical (unpaired) electrons. The number of hydrogen-bond donors (Lipinski definition) is 0. The van der Waals surface area contributed by atoms with Crippen LogP contribution in [0, 0.1) is 5.82 Å². The van der Waals surface area contributed by atoms with E-state index in [2.05, 4.69) is 31.9 Å². The first-order chi connectivity index (χ1) is 9.04. The topological polar surface area (TPSA) is 9.23 Å². The zero-order valence-electron chi connectivity index (χ0n) is 9.96. The summed E-state index contributed by atoms with van der Waals surface area (Å²) in [6.07, 6.45) is 0. The van der Waals surface area contributed by atoms with Crippen LogP contribution in [0.5, 0.6) is 5.75 Å². The quantitative estimate of drug-likeness (QED) is 0.593. The molecule has 19 heavy (non-hydrogen) atoms. The fraction of sp³-hybridized carbons (Fsp3) is 0.143. The first-order valence-electron chi connectivity index (χ1n) is 5.46. The second-order valence-corrected chi connectivity index (χ2v) is 6.04. The number of alkyl halides is 1. The van der Waals surface area contributed by atoms with Gasteiger partial charge in [0.2, 0.25) is 0 Å². The molecule has 2 aromatic carbocycles. The van der Waals surface area contributed by atoms with Gasteiger partial charge in [0.15, 0.2) is 0 Å². The van der Waals surface area contributed by atoms with E-state index in [9.17, 15) is 4.39 Å². The Labute approximate surface area is 133 Å². The van der Waals surface area contributed by atoms with Crippen LogP contribution in [0.1, 0.15) is 16.5 Å². The maximum absolute atomic E-state index is 14.0. The third-order valence-electron chi connectivity index (χ3n) is 2.72. The molecule has 5 heteroatoms. The van der Waals surface area contributed by atoms with Gasteiger partial charge in [-0.15, -0.1) is 11.6 Å². The molecule has 0 bridgehead atoms. The maximum atomic E-state index is 14.0. The lowest BCUT2D eigenvalue weighted by Gasteiger charge is -2.13. The van der Waals surface area contributed by atoms with Gasteiger partial charge in [-0.1, -0.05) is 18.2 Å². The zero-order chi connectivity index (χ0) is 14.0. The van der Waals surface area contributed by atoms with Gasteiger partial charge in [0.1, 0.15) is 11.6 Å². The number of rotatable bonds is 3. The second kappa shape index (κ2) is 6.25. The van der Waals surface area contributed by atoms with Gasteiger partial charge in [-0.25, -0.2) is 4.39 Å². The van der Waals surface area contributed by atoms with E-state index in [0.29, 0.717) is 15.8 Å². The highest BCUT2D eigenvalue weighted by atomic mass is 79.9. The molecule has 1 atom stereocenters. The largest absolute Gasteiger partial charge is 0.496 e. The van der Waals surface area contributed by atoms with Crippen LogP contribution >= 0.6 is 43.5 Å². The van der Waals surface area contributed by atoms with Crippen LogP contribution in [0.25, 0.3) is 0 Å². The van der Waals surface area contributed by atoms with Crippen molar-refractivity contribution in [1.29, 1.82) is 0 Å². The summed E-state index contributed by atoms with van der Waals surface area (Å²) in [5.41, 5.74) is 1.24. The Morgan fingerprint density at radius 3 is 2.53 bits per heavy atom. The predicted molar refractivity (Wildman–Crippen MR) is 82.5 cm³/mol. The van der Waals surface area contributed by atoms with Crippen molar-refractivity contribution in [3.05, 3.63) is 62.3 Å². The van der Waals surface area contributed by atoms with Crippen LogP contribution in [-0.2, 0) is 0 Å². The van der Waals surface area contributed by atoms with Crippen molar-refractivity contribution in [1.82, 2.24) is 0 Å². The summed E-state index contributed by atoms with van der Waals surface area (Å²) in [5, 5.41) is -0.556. The number of ether oxygens (including phenoxy) is 1. The summed E-state index contributed by atoms with van der Waals surface area (Å²) in [6, 6.07) is 10.5. The Kier molecular flexibility index (Phi) is 4.87. The van der Waals surface area contributed by atoms with E-state index in [0.717, 1.165) is 10.0 Å². The summed E-state index contributed by atoms with van der Waals surface area (Å²) in [7, 11) is 1.59. The van der Waals surface area contributed by atoms with E-state index < -0.39 is 5.38 Å². The Hall–Kier alpha value is -0.580. The number of halogens is 4. The van der Waals surface area contributed by atoms with Crippen LogP contribution in [0.2, 0.25) is 0 Å². The highest BCUT2D eigenvalue weighted by Crippen LogP contribution is 2.36. The summed E-state index contributed by atoms with van der Waals surface area (Å²) in [5.74, 6) is 0.372. The minimum absolute atomic E-state index is 0.338. The van der Waals surface area contributed by atoms with Gasteiger partial charge in [-0.2, -0.15) is 0 Å². The smallest absolute Gasteiger partial charge is 0.142 e. The number of benzene rings is 2. The highest BCUT2D eigenvalue weighted by Gasteiger charge is 2.17. The van der Waals surface area contributed by atoms with Gasteiger partial charge in [0.05, 0.1) is 21.4 Å². The fourth-order valence-corrected chi connectivity index (χ4v) is 2.98. The summed E-state index contributed by atoms with van der Waals surface area (Å²) in [4.78, 5) is 0. The average molecular weight is 408 g/mol. The van der Waals surface area contributed by atoms with E-state index in [1.165, 1.54) is 0 Å². The number of methoxy groups -OCH3 is 1. The molecule has 2 rings (SSSR count).